The van der Waals surface area contributed by atoms with Crippen LogP contribution in [0.15, 0.2) is 231 Å². The molecule has 11 aromatic rings. The summed E-state index contributed by atoms with van der Waals surface area (Å²) in [4.78, 5) is 2.44. The van der Waals surface area contributed by atoms with Gasteiger partial charge < -0.3 is 4.90 Å². The van der Waals surface area contributed by atoms with E-state index in [0.717, 1.165) is 17.1 Å². The van der Waals surface area contributed by atoms with Gasteiger partial charge in [0.25, 0.3) is 0 Å². The molecule has 1 atom stereocenters. The van der Waals surface area contributed by atoms with Gasteiger partial charge in [0.2, 0.25) is 0 Å². The second-order valence-corrected chi connectivity index (χ2v) is 17.6. The highest BCUT2D eigenvalue weighted by Gasteiger charge is 2.41. The van der Waals surface area contributed by atoms with Crippen LogP contribution in [0.5, 0.6) is 0 Å². The molecule has 0 fully saturated rings. The first kappa shape index (κ1) is 36.3. The normalized spacial score (nSPS) is 14.3. The van der Waals surface area contributed by atoms with E-state index in [0.29, 0.717) is 0 Å². The SMILES string of the molecule is CC1(c2ccccc2)c2ccccc2-c2ccc(N(c3ccc(-c4cccc5ccccc45)cc3)c3cccc(-c4cccc(-c5cccc6c5sc5ccccc56)c4)c3)cc21. The summed E-state index contributed by atoms with van der Waals surface area (Å²) < 4.78 is 2.66. The Hall–Kier alpha value is -7.52. The maximum atomic E-state index is 2.44. The van der Waals surface area contributed by atoms with Gasteiger partial charge in [-0.3, -0.25) is 0 Å². The lowest BCUT2D eigenvalue weighted by atomic mass is 9.74. The Balaban J connectivity index is 1.00. The highest BCUT2D eigenvalue weighted by molar-refractivity contribution is 7.26. The number of hydrogen-bond donors (Lipinski definition) is 0. The van der Waals surface area contributed by atoms with Crippen LogP contribution in [0, 0.1) is 0 Å². The van der Waals surface area contributed by atoms with Crippen molar-refractivity contribution in [1.29, 1.82) is 0 Å². The lowest BCUT2D eigenvalue weighted by Gasteiger charge is -2.31. The minimum absolute atomic E-state index is 0.313. The first-order valence-electron chi connectivity index (χ1n) is 21.4. The first-order valence-corrected chi connectivity index (χ1v) is 22.2. The number of thiophene rings is 1. The van der Waals surface area contributed by atoms with E-state index in [2.05, 4.69) is 242 Å². The Morgan fingerprint density at radius 2 is 0.952 bits per heavy atom. The van der Waals surface area contributed by atoms with Crippen LogP contribution >= 0.6 is 11.3 Å². The smallest absolute Gasteiger partial charge is 0.0467 e. The molecular formula is C60H41NS. The molecule has 1 unspecified atom stereocenters. The second kappa shape index (κ2) is 14.6. The predicted molar refractivity (Wildman–Crippen MR) is 265 cm³/mol. The van der Waals surface area contributed by atoms with E-state index < -0.39 is 0 Å². The fourth-order valence-corrected chi connectivity index (χ4v) is 11.3. The topological polar surface area (TPSA) is 3.24 Å². The lowest BCUT2D eigenvalue weighted by Crippen LogP contribution is -2.22. The summed E-state index contributed by atoms with van der Waals surface area (Å²) in [6, 6.07) is 85.0. The monoisotopic (exact) mass is 807 g/mol. The average Bonchev–Trinajstić information content (AvgIpc) is 3.85. The maximum absolute atomic E-state index is 2.44. The largest absolute Gasteiger partial charge is 0.310 e. The van der Waals surface area contributed by atoms with Gasteiger partial charge in [0.15, 0.2) is 0 Å². The zero-order valence-corrected chi connectivity index (χ0v) is 35.1. The van der Waals surface area contributed by atoms with Gasteiger partial charge in [0, 0.05) is 42.6 Å². The third-order valence-electron chi connectivity index (χ3n) is 13.1. The summed E-state index contributed by atoms with van der Waals surface area (Å²) in [7, 11) is 0. The van der Waals surface area contributed by atoms with Crippen molar-refractivity contribution in [1.82, 2.24) is 0 Å². The fourth-order valence-electron chi connectivity index (χ4n) is 10.1. The Kier molecular flexibility index (Phi) is 8.55. The van der Waals surface area contributed by atoms with E-state index in [1.165, 1.54) is 92.1 Å². The van der Waals surface area contributed by atoms with E-state index in [1.807, 2.05) is 11.3 Å². The second-order valence-electron chi connectivity index (χ2n) is 16.6. The van der Waals surface area contributed by atoms with Crippen LogP contribution in [0.1, 0.15) is 23.6 Å². The molecule has 10 aromatic carbocycles. The molecule has 1 aliphatic rings. The maximum Gasteiger partial charge on any atom is 0.0467 e. The van der Waals surface area contributed by atoms with Gasteiger partial charge in [-0.15, -0.1) is 11.3 Å². The zero-order chi connectivity index (χ0) is 41.2. The van der Waals surface area contributed by atoms with Gasteiger partial charge in [-0.1, -0.05) is 182 Å². The number of rotatable bonds is 7. The van der Waals surface area contributed by atoms with Crippen molar-refractivity contribution in [2.75, 3.05) is 4.90 Å². The zero-order valence-electron chi connectivity index (χ0n) is 34.3. The standard InChI is InChI=1S/C60H41NS/c1-60(45-20-3-2-4-21-45)56-29-9-7-24-52(56)53-36-35-48(39-57(53)60)61(46-33-31-41(32-34-46)50-26-13-16-40-15-5-6-23-49(40)50)47-22-12-18-43(38-47)42-17-11-19-44(37-42)51-27-14-28-55-54-25-8-10-30-58(54)62-59(51)55/h2-39H,1H3. The molecule has 12 rings (SSSR count). The number of fused-ring (bicyclic) bond motifs is 7. The van der Waals surface area contributed by atoms with Crippen LogP contribution in [0.2, 0.25) is 0 Å². The molecule has 0 radical (unpaired) electrons. The Labute approximate surface area is 366 Å². The Bertz CT molecular complexity index is 3480. The highest BCUT2D eigenvalue weighted by Crippen LogP contribution is 2.54. The summed E-state index contributed by atoms with van der Waals surface area (Å²) in [5, 5.41) is 5.15. The molecule has 0 N–H and O–H groups in total. The van der Waals surface area contributed by atoms with Crippen LogP contribution in [0.25, 0.3) is 75.5 Å². The molecule has 0 aliphatic heterocycles. The van der Waals surface area contributed by atoms with E-state index in [9.17, 15) is 0 Å². The molecule has 1 nitrogen and oxygen atoms in total. The van der Waals surface area contributed by atoms with Crippen molar-refractivity contribution in [3.8, 4) is 44.5 Å². The van der Waals surface area contributed by atoms with Gasteiger partial charge in [0.1, 0.15) is 0 Å². The third kappa shape index (κ3) is 5.83. The minimum Gasteiger partial charge on any atom is -0.310 e. The van der Waals surface area contributed by atoms with Crippen molar-refractivity contribution in [2.24, 2.45) is 0 Å². The molecule has 0 amide bonds. The van der Waals surface area contributed by atoms with Gasteiger partial charge in [-0.2, -0.15) is 0 Å². The van der Waals surface area contributed by atoms with Crippen LogP contribution in [-0.4, -0.2) is 0 Å². The van der Waals surface area contributed by atoms with Gasteiger partial charge in [-0.25, -0.2) is 0 Å². The van der Waals surface area contributed by atoms with Gasteiger partial charge >= 0.3 is 0 Å². The number of anilines is 3. The van der Waals surface area contributed by atoms with E-state index in [-0.39, 0.29) is 5.41 Å². The Morgan fingerprint density at radius 3 is 1.84 bits per heavy atom. The highest BCUT2D eigenvalue weighted by atomic mass is 32.1. The molecule has 1 aromatic heterocycles. The van der Waals surface area contributed by atoms with Crippen molar-refractivity contribution >= 4 is 59.3 Å². The first-order chi connectivity index (χ1) is 30.6. The molecule has 2 heteroatoms. The van der Waals surface area contributed by atoms with Gasteiger partial charge in [0.05, 0.1) is 0 Å². The minimum atomic E-state index is -0.313. The predicted octanol–water partition coefficient (Wildman–Crippen LogP) is 17.0. The Morgan fingerprint density at radius 1 is 0.355 bits per heavy atom. The number of nitrogens with zero attached hydrogens (tertiary/aromatic N) is 1. The molecular weight excluding hydrogens is 767 g/mol. The van der Waals surface area contributed by atoms with Crippen molar-refractivity contribution < 1.29 is 0 Å². The van der Waals surface area contributed by atoms with E-state index >= 15 is 0 Å². The molecule has 0 saturated heterocycles. The molecule has 62 heavy (non-hydrogen) atoms. The van der Waals surface area contributed by atoms with Crippen LogP contribution in [0.3, 0.4) is 0 Å². The average molecular weight is 808 g/mol. The number of benzene rings is 10. The molecule has 1 aliphatic carbocycles. The summed E-state index contributed by atoms with van der Waals surface area (Å²) in [5.41, 5.74) is 16.9. The van der Waals surface area contributed by atoms with E-state index in [1.54, 1.807) is 0 Å². The van der Waals surface area contributed by atoms with Crippen LogP contribution in [-0.2, 0) is 5.41 Å². The number of hydrogen-bond acceptors (Lipinski definition) is 2. The summed E-state index contributed by atoms with van der Waals surface area (Å²) in [6.45, 7) is 2.40. The van der Waals surface area contributed by atoms with Crippen LogP contribution < -0.4 is 4.90 Å². The summed E-state index contributed by atoms with van der Waals surface area (Å²) >= 11 is 1.88. The molecule has 0 bridgehead atoms. The summed E-state index contributed by atoms with van der Waals surface area (Å²) in [5.74, 6) is 0. The van der Waals surface area contributed by atoms with Crippen molar-refractivity contribution in [3.63, 3.8) is 0 Å². The van der Waals surface area contributed by atoms with E-state index in [4.69, 9.17) is 0 Å². The lowest BCUT2D eigenvalue weighted by molar-refractivity contribution is 0.714. The third-order valence-corrected chi connectivity index (χ3v) is 14.4. The molecule has 0 spiro atoms. The quantitative estimate of drug-likeness (QED) is 0.155. The van der Waals surface area contributed by atoms with Crippen molar-refractivity contribution in [2.45, 2.75) is 12.3 Å². The fraction of sp³-hybridized carbons (Fsp3) is 0.0333. The molecule has 1 heterocycles. The molecule has 0 saturated carbocycles. The van der Waals surface area contributed by atoms with Crippen molar-refractivity contribution in [3.05, 3.63) is 247 Å². The van der Waals surface area contributed by atoms with Crippen LogP contribution in [0.4, 0.5) is 17.1 Å². The van der Waals surface area contributed by atoms with Gasteiger partial charge in [-0.05, 0) is 127 Å². The summed E-state index contributed by atoms with van der Waals surface area (Å²) in [6.07, 6.45) is 0. The molecule has 292 valence electrons.